The maximum Gasteiger partial charge on any atom is 0.261 e. The second-order valence-corrected chi connectivity index (χ2v) is 5.76. The molecule has 0 radical (unpaired) electrons. The molecule has 6 nitrogen and oxygen atoms in total. The number of carbonyl (C=O) groups is 1. The highest BCUT2D eigenvalue weighted by Crippen LogP contribution is 2.18. The van der Waals surface area contributed by atoms with Gasteiger partial charge in [0.25, 0.3) is 5.56 Å². The number of carbonyl (C=O) groups excluding carboxylic acids is 1. The number of amides is 1. The summed E-state index contributed by atoms with van der Waals surface area (Å²) < 4.78 is 6.65. The van der Waals surface area contributed by atoms with Crippen molar-refractivity contribution in [3.05, 3.63) is 70.8 Å². The van der Waals surface area contributed by atoms with Crippen LogP contribution in [0.1, 0.15) is 5.56 Å². The number of fused-ring (bicyclic) bond motifs is 1. The van der Waals surface area contributed by atoms with Crippen LogP contribution in [0.2, 0.25) is 0 Å². The average Bonchev–Trinajstić information content (AvgIpc) is 2.64. The summed E-state index contributed by atoms with van der Waals surface area (Å²) in [6, 6.07) is 14.6. The molecule has 0 aliphatic carbocycles. The van der Waals surface area contributed by atoms with Crippen LogP contribution in [0.3, 0.4) is 0 Å². The summed E-state index contributed by atoms with van der Waals surface area (Å²) in [5.41, 5.74) is 1.31. The molecule has 6 heteroatoms. The van der Waals surface area contributed by atoms with Gasteiger partial charge in [0, 0.05) is 19.2 Å². The first-order valence-electron chi connectivity index (χ1n) is 7.90. The Labute approximate surface area is 145 Å². The molecule has 0 aliphatic heterocycles. The molecule has 0 aliphatic rings. The van der Waals surface area contributed by atoms with Crippen molar-refractivity contribution in [2.45, 2.75) is 13.1 Å². The number of aromatic nitrogens is 2. The molecule has 3 rings (SSSR count). The van der Waals surface area contributed by atoms with Crippen molar-refractivity contribution in [2.75, 3.05) is 14.2 Å². The molecule has 0 N–H and O–H groups in total. The minimum Gasteiger partial charge on any atom is -0.496 e. The van der Waals surface area contributed by atoms with Crippen molar-refractivity contribution in [3.63, 3.8) is 0 Å². The quantitative estimate of drug-likeness (QED) is 0.715. The topological polar surface area (TPSA) is 64.4 Å². The maximum absolute atomic E-state index is 12.5. The van der Waals surface area contributed by atoms with Crippen molar-refractivity contribution < 1.29 is 9.53 Å². The second kappa shape index (κ2) is 7.17. The zero-order valence-corrected chi connectivity index (χ0v) is 14.2. The van der Waals surface area contributed by atoms with Crippen LogP contribution in [0, 0.1) is 0 Å². The Hall–Kier alpha value is -3.15. The van der Waals surface area contributed by atoms with Gasteiger partial charge in [0.15, 0.2) is 0 Å². The highest BCUT2D eigenvalue weighted by molar-refractivity contribution is 5.78. The van der Waals surface area contributed by atoms with Crippen LogP contribution < -0.4 is 10.3 Å². The summed E-state index contributed by atoms with van der Waals surface area (Å²) in [5, 5.41) is 0.505. The molecule has 2 aromatic carbocycles. The van der Waals surface area contributed by atoms with Gasteiger partial charge in [-0.1, -0.05) is 30.3 Å². The van der Waals surface area contributed by atoms with Gasteiger partial charge in [-0.2, -0.15) is 0 Å². The maximum atomic E-state index is 12.5. The Bertz CT molecular complexity index is 965. The standard InChI is InChI=1S/C19H19N3O3/c1-21(11-14-7-3-6-10-17(14)25-2)18(23)12-22-13-20-16-9-5-4-8-15(16)19(22)24/h3-10,13H,11-12H2,1-2H3. The van der Waals surface area contributed by atoms with Gasteiger partial charge in [0.05, 0.1) is 24.3 Å². The van der Waals surface area contributed by atoms with Crippen LogP contribution in [0.15, 0.2) is 59.7 Å². The number of rotatable bonds is 5. The highest BCUT2D eigenvalue weighted by Gasteiger charge is 2.14. The molecular weight excluding hydrogens is 318 g/mol. The number of ether oxygens (including phenoxy) is 1. The summed E-state index contributed by atoms with van der Waals surface area (Å²) in [6.07, 6.45) is 1.42. The van der Waals surface area contributed by atoms with Crippen molar-refractivity contribution >= 4 is 16.8 Å². The Morgan fingerprint density at radius 1 is 1.16 bits per heavy atom. The fourth-order valence-electron chi connectivity index (χ4n) is 2.66. The van der Waals surface area contributed by atoms with Crippen molar-refractivity contribution in [3.8, 4) is 5.75 Å². The Kier molecular flexibility index (Phi) is 4.79. The Morgan fingerprint density at radius 3 is 2.68 bits per heavy atom. The van der Waals surface area contributed by atoms with Gasteiger partial charge < -0.3 is 9.64 Å². The van der Waals surface area contributed by atoms with E-state index in [2.05, 4.69) is 4.98 Å². The molecule has 1 amide bonds. The van der Waals surface area contributed by atoms with Gasteiger partial charge >= 0.3 is 0 Å². The highest BCUT2D eigenvalue weighted by atomic mass is 16.5. The first-order valence-corrected chi connectivity index (χ1v) is 7.90. The van der Waals surface area contributed by atoms with Crippen molar-refractivity contribution in [1.82, 2.24) is 14.5 Å². The minimum atomic E-state index is -0.218. The van der Waals surface area contributed by atoms with E-state index in [9.17, 15) is 9.59 Å². The molecule has 1 aromatic heterocycles. The van der Waals surface area contributed by atoms with Crippen molar-refractivity contribution in [2.24, 2.45) is 0 Å². The summed E-state index contributed by atoms with van der Waals surface area (Å²) in [5.74, 6) is 0.553. The first-order chi connectivity index (χ1) is 12.1. The molecule has 0 atom stereocenters. The lowest BCUT2D eigenvalue weighted by Crippen LogP contribution is -2.33. The molecule has 3 aromatic rings. The fraction of sp³-hybridized carbons (Fsp3) is 0.211. The third-order valence-corrected chi connectivity index (χ3v) is 4.06. The van der Waals surface area contributed by atoms with E-state index in [-0.39, 0.29) is 18.0 Å². The van der Waals surface area contributed by atoms with E-state index >= 15 is 0 Å². The Balaban J connectivity index is 1.78. The molecule has 0 saturated carbocycles. The predicted molar refractivity (Wildman–Crippen MR) is 95.5 cm³/mol. The zero-order chi connectivity index (χ0) is 17.8. The number of benzene rings is 2. The van der Waals surface area contributed by atoms with Gasteiger partial charge in [0.2, 0.25) is 5.91 Å². The molecule has 0 bridgehead atoms. The van der Waals surface area contributed by atoms with E-state index in [0.29, 0.717) is 17.4 Å². The molecule has 1 heterocycles. The lowest BCUT2D eigenvalue weighted by molar-refractivity contribution is -0.131. The fourth-order valence-corrected chi connectivity index (χ4v) is 2.66. The summed E-state index contributed by atoms with van der Waals surface area (Å²) in [4.78, 5) is 30.8. The van der Waals surface area contributed by atoms with Gasteiger partial charge in [-0.05, 0) is 18.2 Å². The van der Waals surface area contributed by atoms with E-state index in [4.69, 9.17) is 4.74 Å². The van der Waals surface area contributed by atoms with Crippen LogP contribution in [0.4, 0.5) is 0 Å². The monoisotopic (exact) mass is 337 g/mol. The van der Waals surface area contributed by atoms with Gasteiger partial charge in [-0.3, -0.25) is 14.2 Å². The summed E-state index contributed by atoms with van der Waals surface area (Å²) >= 11 is 0. The smallest absolute Gasteiger partial charge is 0.261 e. The van der Waals surface area contributed by atoms with E-state index in [1.165, 1.54) is 10.9 Å². The van der Waals surface area contributed by atoms with Crippen molar-refractivity contribution in [1.29, 1.82) is 0 Å². The SMILES string of the molecule is COc1ccccc1CN(C)C(=O)Cn1cnc2ccccc2c1=O. The summed E-state index contributed by atoms with van der Waals surface area (Å²) in [6.45, 7) is 0.348. The number of hydrogen-bond acceptors (Lipinski definition) is 4. The average molecular weight is 337 g/mol. The normalized spacial score (nSPS) is 10.6. The first kappa shape index (κ1) is 16.7. The lowest BCUT2D eigenvalue weighted by atomic mass is 10.2. The largest absolute Gasteiger partial charge is 0.496 e. The molecule has 0 fully saturated rings. The van der Waals surface area contributed by atoms with Crippen LogP contribution in [-0.2, 0) is 17.9 Å². The Morgan fingerprint density at radius 2 is 1.88 bits per heavy atom. The lowest BCUT2D eigenvalue weighted by Gasteiger charge is -2.19. The van der Waals surface area contributed by atoms with Gasteiger partial charge in [-0.15, -0.1) is 0 Å². The number of methoxy groups -OCH3 is 1. The number of para-hydroxylation sites is 2. The molecular formula is C19H19N3O3. The third kappa shape index (κ3) is 3.52. The molecule has 128 valence electrons. The van der Waals surface area contributed by atoms with E-state index in [1.807, 2.05) is 30.3 Å². The molecule has 0 saturated heterocycles. The summed E-state index contributed by atoms with van der Waals surface area (Å²) in [7, 11) is 3.30. The van der Waals surface area contributed by atoms with Crippen LogP contribution >= 0.6 is 0 Å². The molecule has 0 spiro atoms. The van der Waals surface area contributed by atoms with Crippen LogP contribution in [0.5, 0.6) is 5.75 Å². The number of hydrogen-bond donors (Lipinski definition) is 0. The molecule has 25 heavy (non-hydrogen) atoms. The van der Waals surface area contributed by atoms with Gasteiger partial charge in [0.1, 0.15) is 12.3 Å². The third-order valence-electron chi connectivity index (χ3n) is 4.06. The minimum absolute atomic E-state index is 0.0533. The van der Waals surface area contributed by atoms with E-state index in [1.54, 1.807) is 37.3 Å². The zero-order valence-electron chi connectivity index (χ0n) is 14.2. The van der Waals surface area contributed by atoms with E-state index < -0.39 is 0 Å². The van der Waals surface area contributed by atoms with Crippen LogP contribution in [0.25, 0.3) is 10.9 Å². The van der Waals surface area contributed by atoms with Gasteiger partial charge in [-0.25, -0.2) is 4.98 Å². The second-order valence-electron chi connectivity index (χ2n) is 5.76. The molecule has 0 unspecified atom stereocenters. The number of likely N-dealkylation sites (N-methyl/N-ethyl adjacent to an activating group) is 1. The van der Waals surface area contributed by atoms with E-state index in [0.717, 1.165) is 11.3 Å². The van der Waals surface area contributed by atoms with Crippen LogP contribution in [-0.4, -0.2) is 34.5 Å². The number of nitrogens with zero attached hydrogens (tertiary/aromatic N) is 3. The predicted octanol–water partition coefficient (Wildman–Crippen LogP) is 2.06.